The van der Waals surface area contributed by atoms with Crippen molar-refractivity contribution in [2.45, 2.75) is 38.1 Å². The number of fused-ring (bicyclic) bond motifs is 1. The van der Waals surface area contributed by atoms with Crippen LogP contribution in [0.2, 0.25) is 0 Å². The Kier molecular flexibility index (Phi) is 7.84. The first-order valence-electron chi connectivity index (χ1n) is 10.9. The van der Waals surface area contributed by atoms with Crippen LogP contribution in [0, 0.1) is 17.8 Å². The second kappa shape index (κ2) is 10.6. The van der Waals surface area contributed by atoms with Gasteiger partial charge in [-0.1, -0.05) is 6.07 Å². The SMILES string of the molecule is CN(C(=O)C1CCOCC1)[C@H]1C[C@H]2CCN(C(=O)c3cccc(=O)[nH]3)C[C@H]2C1.O=CO. The van der Waals surface area contributed by atoms with E-state index in [4.69, 9.17) is 14.6 Å². The van der Waals surface area contributed by atoms with Crippen molar-refractivity contribution in [2.24, 2.45) is 17.8 Å². The van der Waals surface area contributed by atoms with Crippen LogP contribution in [0.5, 0.6) is 0 Å². The monoisotopic (exact) mass is 433 g/mol. The van der Waals surface area contributed by atoms with Crippen LogP contribution in [0.15, 0.2) is 23.0 Å². The van der Waals surface area contributed by atoms with Crippen LogP contribution in [0.1, 0.15) is 42.6 Å². The lowest BCUT2D eigenvalue weighted by molar-refractivity contribution is -0.139. The zero-order chi connectivity index (χ0) is 22.4. The molecule has 3 heterocycles. The number of hydrogen-bond donors (Lipinski definition) is 2. The molecule has 2 N–H and O–H groups in total. The number of ether oxygens (including phenoxy) is 1. The number of H-pyrrole nitrogens is 1. The largest absolute Gasteiger partial charge is 0.483 e. The van der Waals surface area contributed by atoms with Gasteiger partial charge in [0.15, 0.2) is 0 Å². The molecule has 0 radical (unpaired) electrons. The highest BCUT2D eigenvalue weighted by atomic mass is 16.5. The first-order chi connectivity index (χ1) is 14.9. The summed E-state index contributed by atoms with van der Waals surface area (Å²) < 4.78 is 5.38. The molecular weight excluding hydrogens is 402 g/mol. The van der Waals surface area contributed by atoms with Gasteiger partial charge in [-0.3, -0.25) is 19.2 Å². The third kappa shape index (κ3) is 5.52. The van der Waals surface area contributed by atoms with Gasteiger partial charge in [0.1, 0.15) is 5.69 Å². The highest BCUT2D eigenvalue weighted by molar-refractivity contribution is 5.92. The number of carbonyl (C=O) groups excluding carboxylic acids is 2. The van der Waals surface area contributed by atoms with Gasteiger partial charge in [0, 0.05) is 51.4 Å². The van der Waals surface area contributed by atoms with E-state index in [1.54, 1.807) is 12.1 Å². The quantitative estimate of drug-likeness (QED) is 0.691. The second-order valence-corrected chi connectivity index (χ2v) is 8.56. The predicted molar refractivity (Wildman–Crippen MR) is 113 cm³/mol. The number of aromatic amines is 1. The number of piperidine rings is 1. The fourth-order valence-corrected chi connectivity index (χ4v) is 5.11. The summed E-state index contributed by atoms with van der Waals surface area (Å²) in [6, 6.07) is 4.95. The molecule has 0 spiro atoms. The first kappa shape index (κ1) is 23.0. The van der Waals surface area contributed by atoms with Crippen LogP contribution in [-0.4, -0.2) is 77.6 Å². The molecule has 0 unspecified atom stereocenters. The van der Waals surface area contributed by atoms with E-state index in [2.05, 4.69) is 4.98 Å². The summed E-state index contributed by atoms with van der Waals surface area (Å²) in [7, 11) is 1.94. The molecule has 2 saturated heterocycles. The maximum atomic E-state index is 12.9. The summed E-state index contributed by atoms with van der Waals surface area (Å²) in [5.74, 6) is 1.22. The number of nitrogens with one attached hydrogen (secondary N) is 1. The molecule has 1 aromatic heterocycles. The zero-order valence-electron chi connectivity index (χ0n) is 17.9. The van der Waals surface area contributed by atoms with Gasteiger partial charge in [0.2, 0.25) is 11.5 Å². The zero-order valence-corrected chi connectivity index (χ0v) is 17.9. The molecular formula is C22H31N3O6. The molecule has 31 heavy (non-hydrogen) atoms. The number of amides is 2. The minimum absolute atomic E-state index is 0.0920. The van der Waals surface area contributed by atoms with Crippen LogP contribution >= 0.6 is 0 Å². The van der Waals surface area contributed by atoms with Crippen molar-refractivity contribution < 1.29 is 24.2 Å². The topological polar surface area (TPSA) is 120 Å². The van der Waals surface area contributed by atoms with Gasteiger partial charge in [0.25, 0.3) is 12.4 Å². The molecule has 3 fully saturated rings. The Balaban J connectivity index is 0.000000858. The number of aromatic nitrogens is 1. The van der Waals surface area contributed by atoms with E-state index in [1.807, 2.05) is 16.8 Å². The smallest absolute Gasteiger partial charge is 0.290 e. The Morgan fingerprint density at radius 1 is 1.19 bits per heavy atom. The van der Waals surface area contributed by atoms with E-state index in [-0.39, 0.29) is 35.8 Å². The van der Waals surface area contributed by atoms with Crippen molar-refractivity contribution in [3.8, 4) is 0 Å². The van der Waals surface area contributed by atoms with E-state index in [9.17, 15) is 14.4 Å². The molecule has 3 aliphatic rings. The molecule has 9 heteroatoms. The normalized spacial score (nSPS) is 25.7. The molecule has 4 rings (SSSR count). The summed E-state index contributed by atoms with van der Waals surface area (Å²) in [6.45, 7) is 2.52. The molecule has 3 atom stereocenters. The van der Waals surface area contributed by atoms with Crippen molar-refractivity contribution in [3.05, 3.63) is 34.2 Å². The summed E-state index contributed by atoms with van der Waals surface area (Å²) >= 11 is 0. The summed E-state index contributed by atoms with van der Waals surface area (Å²) in [5.41, 5.74) is 0.0993. The molecule has 9 nitrogen and oxygen atoms in total. The summed E-state index contributed by atoms with van der Waals surface area (Å²) in [5, 5.41) is 6.89. The molecule has 170 valence electrons. The third-order valence-corrected chi connectivity index (χ3v) is 6.79. The van der Waals surface area contributed by atoms with Crippen molar-refractivity contribution in [1.82, 2.24) is 14.8 Å². The highest BCUT2D eigenvalue weighted by Crippen LogP contribution is 2.40. The molecule has 1 aromatic rings. The Morgan fingerprint density at radius 2 is 1.87 bits per heavy atom. The second-order valence-electron chi connectivity index (χ2n) is 8.56. The van der Waals surface area contributed by atoms with Gasteiger partial charge in [-0.25, -0.2) is 0 Å². The van der Waals surface area contributed by atoms with Crippen LogP contribution in [0.25, 0.3) is 0 Å². The van der Waals surface area contributed by atoms with Gasteiger partial charge in [-0.15, -0.1) is 0 Å². The maximum absolute atomic E-state index is 12.9. The maximum Gasteiger partial charge on any atom is 0.290 e. The van der Waals surface area contributed by atoms with E-state index in [0.717, 1.165) is 32.1 Å². The number of hydrogen-bond acceptors (Lipinski definition) is 5. The number of carboxylic acid groups (broad SMARTS) is 1. The van der Waals surface area contributed by atoms with Crippen molar-refractivity contribution in [1.29, 1.82) is 0 Å². The Bertz CT molecular complexity index is 835. The van der Waals surface area contributed by atoms with E-state index in [1.165, 1.54) is 6.07 Å². The van der Waals surface area contributed by atoms with Crippen molar-refractivity contribution in [2.75, 3.05) is 33.4 Å². The number of pyridine rings is 1. The lowest BCUT2D eigenvalue weighted by atomic mass is 9.88. The summed E-state index contributed by atoms with van der Waals surface area (Å²) in [6.07, 6.45) is 4.58. The first-order valence-corrected chi connectivity index (χ1v) is 10.9. The molecule has 0 aromatic carbocycles. The van der Waals surface area contributed by atoms with Crippen LogP contribution in [0.3, 0.4) is 0 Å². The summed E-state index contributed by atoms with van der Waals surface area (Å²) in [4.78, 5) is 51.9. The Labute approximate surface area is 181 Å². The minimum Gasteiger partial charge on any atom is -0.483 e. The molecule has 1 saturated carbocycles. The predicted octanol–water partition coefficient (Wildman–Crippen LogP) is 1.20. The van der Waals surface area contributed by atoms with Crippen molar-refractivity contribution >= 4 is 18.3 Å². The Morgan fingerprint density at radius 3 is 2.55 bits per heavy atom. The van der Waals surface area contributed by atoms with Crippen molar-refractivity contribution in [3.63, 3.8) is 0 Å². The molecule has 0 bridgehead atoms. The lowest BCUT2D eigenvalue weighted by Gasteiger charge is -2.34. The molecule has 2 aliphatic heterocycles. The van der Waals surface area contributed by atoms with Gasteiger partial charge in [-0.2, -0.15) is 0 Å². The van der Waals surface area contributed by atoms with Gasteiger partial charge < -0.3 is 24.6 Å². The van der Waals surface area contributed by atoms with E-state index >= 15 is 0 Å². The lowest BCUT2D eigenvalue weighted by Crippen LogP contribution is -2.43. The Hall–Kier alpha value is -2.68. The van der Waals surface area contributed by atoms with E-state index in [0.29, 0.717) is 43.8 Å². The average Bonchev–Trinajstić information content (AvgIpc) is 3.22. The van der Waals surface area contributed by atoms with Gasteiger partial charge >= 0.3 is 0 Å². The molecule has 2 amide bonds. The average molecular weight is 434 g/mol. The van der Waals surface area contributed by atoms with Gasteiger partial charge in [0.05, 0.1) is 0 Å². The van der Waals surface area contributed by atoms with E-state index < -0.39 is 0 Å². The number of carbonyl (C=O) groups is 3. The minimum atomic E-state index is -0.255. The highest BCUT2D eigenvalue weighted by Gasteiger charge is 2.42. The standard InChI is InChI=1S/C21H29N3O4.CH2O2/c1-23(20(26)14-6-9-28-10-7-14)17-11-15-5-8-24(13-16(15)12-17)21(27)18-3-2-4-19(25)22-18;2-1-3/h2-4,14-17H,5-13H2,1H3,(H,22,25);1H,(H,2,3)/t15-,16-,17+;/m1./s1. The van der Waals surface area contributed by atoms with Crippen LogP contribution in [-0.2, 0) is 14.3 Å². The third-order valence-electron chi connectivity index (χ3n) is 6.79. The number of likely N-dealkylation sites (tertiary alicyclic amines) is 1. The fourth-order valence-electron chi connectivity index (χ4n) is 5.11. The number of rotatable bonds is 3. The van der Waals surface area contributed by atoms with Crippen LogP contribution in [0.4, 0.5) is 0 Å². The van der Waals surface area contributed by atoms with Crippen LogP contribution < -0.4 is 5.56 Å². The van der Waals surface area contributed by atoms with Gasteiger partial charge in [-0.05, 0) is 50.0 Å². The molecule has 1 aliphatic carbocycles. The fraction of sp³-hybridized carbons (Fsp3) is 0.636. The number of nitrogens with zero attached hydrogens (tertiary/aromatic N) is 2.